The minimum atomic E-state index is -0.480. The molecule has 32 heavy (non-hydrogen) atoms. The number of aliphatic imine (C=N–C) groups is 1. The van der Waals surface area contributed by atoms with Gasteiger partial charge in [0.2, 0.25) is 5.91 Å². The topological polar surface area (TPSA) is 98.0 Å². The van der Waals surface area contributed by atoms with Gasteiger partial charge < -0.3 is 25.8 Å². The summed E-state index contributed by atoms with van der Waals surface area (Å²) in [5.74, 6) is 0.748. The highest BCUT2D eigenvalue weighted by molar-refractivity contribution is 14.0. The number of nitrogens with one attached hydrogen (secondary N) is 2. The smallest absolute Gasteiger partial charge is 0.222 e. The van der Waals surface area contributed by atoms with Gasteiger partial charge in [-0.05, 0) is 55.2 Å². The van der Waals surface area contributed by atoms with Gasteiger partial charge >= 0.3 is 0 Å². The average molecular weight is 558 g/mol. The summed E-state index contributed by atoms with van der Waals surface area (Å²) in [7, 11) is 3.21. The van der Waals surface area contributed by atoms with Crippen molar-refractivity contribution in [2.24, 2.45) is 16.6 Å². The van der Waals surface area contributed by atoms with Gasteiger partial charge in [0.15, 0.2) is 17.5 Å². The summed E-state index contributed by atoms with van der Waals surface area (Å²) >= 11 is 0. The second-order valence-electron chi connectivity index (χ2n) is 7.02. The third kappa shape index (κ3) is 8.89. The van der Waals surface area contributed by atoms with Gasteiger partial charge in [-0.15, -0.1) is 24.0 Å². The molecule has 1 unspecified atom stereocenters. The van der Waals surface area contributed by atoms with E-state index in [-0.39, 0.29) is 36.3 Å². The van der Waals surface area contributed by atoms with Crippen LogP contribution in [0.1, 0.15) is 18.1 Å². The molecule has 0 radical (unpaired) electrons. The average Bonchev–Trinajstić information content (AvgIpc) is 2.77. The van der Waals surface area contributed by atoms with E-state index < -0.39 is 11.8 Å². The molecule has 0 aliphatic heterocycles. The van der Waals surface area contributed by atoms with E-state index in [1.165, 1.54) is 12.1 Å². The van der Waals surface area contributed by atoms with Crippen LogP contribution in [0.25, 0.3) is 0 Å². The van der Waals surface area contributed by atoms with Crippen molar-refractivity contribution in [1.29, 1.82) is 0 Å². The first-order valence-corrected chi connectivity index (χ1v) is 10.2. The molecule has 1 amide bonds. The Morgan fingerprint density at radius 2 is 1.72 bits per heavy atom. The van der Waals surface area contributed by atoms with Crippen LogP contribution in [0.3, 0.4) is 0 Å². The minimum absolute atomic E-state index is 0. The van der Waals surface area contributed by atoms with Gasteiger partial charge in [0.1, 0.15) is 5.82 Å². The Bertz CT molecular complexity index is 878. The minimum Gasteiger partial charge on any atom is -0.493 e. The van der Waals surface area contributed by atoms with Crippen LogP contribution >= 0.6 is 24.0 Å². The molecule has 2 aromatic rings. The number of benzene rings is 2. The van der Waals surface area contributed by atoms with Gasteiger partial charge in [-0.25, -0.2) is 4.39 Å². The largest absolute Gasteiger partial charge is 0.493 e. The quantitative estimate of drug-likeness (QED) is 0.224. The van der Waals surface area contributed by atoms with Gasteiger partial charge in [-0.3, -0.25) is 9.79 Å². The van der Waals surface area contributed by atoms with Crippen molar-refractivity contribution < 1.29 is 18.7 Å². The zero-order valence-electron chi connectivity index (χ0n) is 18.7. The summed E-state index contributed by atoms with van der Waals surface area (Å²) in [6.07, 6.45) is 1.16. The number of carbonyl (C=O) groups is 1. The lowest BCUT2D eigenvalue weighted by Gasteiger charge is -2.15. The maximum Gasteiger partial charge on any atom is 0.222 e. The van der Waals surface area contributed by atoms with Crippen LogP contribution in [0.4, 0.5) is 4.39 Å². The lowest BCUT2D eigenvalue weighted by Crippen LogP contribution is -2.39. The Morgan fingerprint density at radius 1 is 1.06 bits per heavy atom. The highest BCUT2D eigenvalue weighted by Gasteiger charge is 2.16. The second kappa shape index (κ2) is 14.5. The lowest BCUT2D eigenvalue weighted by molar-refractivity contribution is -0.121. The van der Waals surface area contributed by atoms with Crippen LogP contribution in [0.15, 0.2) is 47.5 Å². The van der Waals surface area contributed by atoms with E-state index in [0.717, 1.165) is 17.5 Å². The fourth-order valence-electron chi connectivity index (χ4n) is 3.06. The number of guanidine groups is 1. The molecule has 176 valence electrons. The lowest BCUT2D eigenvalue weighted by atomic mass is 9.99. The Labute approximate surface area is 206 Å². The predicted octanol–water partition coefficient (Wildman–Crippen LogP) is 2.90. The zero-order chi connectivity index (χ0) is 22.6. The van der Waals surface area contributed by atoms with Gasteiger partial charge in [0, 0.05) is 13.1 Å². The fraction of sp³-hybridized carbons (Fsp3) is 0.391. The fourth-order valence-corrected chi connectivity index (χ4v) is 3.06. The summed E-state index contributed by atoms with van der Waals surface area (Å²) in [6.45, 7) is 3.52. The monoisotopic (exact) mass is 558 g/mol. The summed E-state index contributed by atoms with van der Waals surface area (Å²) in [5, 5.41) is 6.43. The molecular weight excluding hydrogens is 526 g/mol. The Kier molecular flexibility index (Phi) is 12.4. The molecule has 0 bridgehead atoms. The molecule has 0 saturated heterocycles. The van der Waals surface area contributed by atoms with Gasteiger partial charge in [0.05, 0.1) is 26.7 Å². The van der Waals surface area contributed by atoms with Crippen LogP contribution in [-0.2, 0) is 17.6 Å². The van der Waals surface area contributed by atoms with Crippen molar-refractivity contribution in [3.8, 4) is 11.5 Å². The number of hydrogen-bond donors (Lipinski definition) is 3. The number of carbonyl (C=O) groups excluding carboxylic acids is 1. The molecule has 0 heterocycles. The molecule has 0 saturated carbocycles. The van der Waals surface area contributed by atoms with Crippen molar-refractivity contribution in [3.05, 3.63) is 59.4 Å². The van der Waals surface area contributed by atoms with Crippen molar-refractivity contribution in [2.75, 3.05) is 33.9 Å². The summed E-state index contributed by atoms with van der Waals surface area (Å²) < 4.78 is 23.7. The molecule has 9 heteroatoms. The molecule has 0 aliphatic rings. The molecule has 2 aromatic carbocycles. The first kappa shape index (κ1) is 27.5. The molecule has 0 aliphatic carbocycles. The van der Waals surface area contributed by atoms with Crippen LogP contribution in [0, 0.1) is 11.7 Å². The van der Waals surface area contributed by atoms with E-state index in [9.17, 15) is 9.18 Å². The predicted molar refractivity (Wildman–Crippen MR) is 135 cm³/mol. The number of rotatable bonds is 11. The molecule has 1 atom stereocenters. The van der Waals surface area contributed by atoms with Crippen LogP contribution in [0.2, 0.25) is 0 Å². The first-order chi connectivity index (χ1) is 15.0. The standard InChI is InChI=1S/C23H31FN4O3.HI/c1-4-26-23(27-12-11-17-7-10-20(30-2)21(14-17)31-3)28-15-18(22(25)29)13-16-5-8-19(24)9-6-16;/h5-10,14,18H,4,11-13,15H2,1-3H3,(H2,25,29)(H2,26,27,28);1H. The third-order valence-electron chi connectivity index (χ3n) is 4.77. The third-order valence-corrected chi connectivity index (χ3v) is 4.77. The maximum absolute atomic E-state index is 13.1. The number of primary amides is 1. The summed E-state index contributed by atoms with van der Waals surface area (Å²) in [4.78, 5) is 16.4. The molecular formula is C23H32FIN4O3. The molecule has 7 nitrogen and oxygen atoms in total. The number of ether oxygens (including phenoxy) is 2. The van der Waals surface area contributed by atoms with E-state index >= 15 is 0 Å². The zero-order valence-corrected chi connectivity index (χ0v) is 21.0. The summed E-state index contributed by atoms with van der Waals surface area (Å²) in [6, 6.07) is 11.9. The highest BCUT2D eigenvalue weighted by atomic mass is 127. The summed E-state index contributed by atoms with van der Waals surface area (Å²) in [5.41, 5.74) is 7.49. The highest BCUT2D eigenvalue weighted by Crippen LogP contribution is 2.27. The van der Waals surface area contributed by atoms with Crippen molar-refractivity contribution in [2.45, 2.75) is 19.8 Å². The number of methoxy groups -OCH3 is 2. The normalized spacial score (nSPS) is 11.8. The van der Waals surface area contributed by atoms with Crippen molar-refractivity contribution in [1.82, 2.24) is 10.6 Å². The van der Waals surface area contributed by atoms with E-state index in [1.807, 2.05) is 25.1 Å². The second-order valence-corrected chi connectivity index (χ2v) is 7.02. The Balaban J connectivity index is 0.00000512. The van der Waals surface area contributed by atoms with Gasteiger partial charge in [-0.1, -0.05) is 18.2 Å². The Morgan fingerprint density at radius 3 is 2.31 bits per heavy atom. The number of nitrogens with two attached hydrogens (primary N) is 1. The van der Waals surface area contributed by atoms with E-state index in [2.05, 4.69) is 15.6 Å². The number of nitrogens with zero attached hydrogens (tertiary/aromatic N) is 1. The molecule has 0 aromatic heterocycles. The van der Waals surface area contributed by atoms with E-state index in [4.69, 9.17) is 15.2 Å². The SMILES string of the molecule is CCNC(=NCC(Cc1ccc(F)cc1)C(N)=O)NCCc1ccc(OC)c(OC)c1.I. The van der Waals surface area contributed by atoms with Crippen LogP contribution in [-0.4, -0.2) is 45.7 Å². The van der Waals surface area contributed by atoms with E-state index in [1.54, 1.807) is 26.4 Å². The van der Waals surface area contributed by atoms with Crippen LogP contribution in [0.5, 0.6) is 11.5 Å². The first-order valence-electron chi connectivity index (χ1n) is 10.2. The molecule has 4 N–H and O–H groups in total. The van der Waals surface area contributed by atoms with Gasteiger partial charge in [-0.2, -0.15) is 0 Å². The molecule has 2 rings (SSSR count). The van der Waals surface area contributed by atoms with Crippen molar-refractivity contribution >= 4 is 35.8 Å². The number of halogens is 2. The number of hydrogen-bond acceptors (Lipinski definition) is 4. The van der Waals surface area contributed by atoms with E-state index in [0.29, 0.717) is 37.0 Å². The molecule has 0 fully saturated rings. The van der Waals surface area contributed by atoms with Crippen LogP contribution < -0.4 is 25.8 Å². The van der Waals surface area contributed by atoms with Crippen molar-refractivity contribution in [3.63, 3.8) is 0 Å². The Hall–Kier alpha value is -2.56. The van der Waals surface area contributed by atoms with Gasteiger partial charge in [0.25, 0.3) is 0 Å². The number of amides is 1. The maximum atomic E-state index is 13.1. The molecule has 0 spiro atoms.